The van der Waals surface area contributed by atoms with E-state index >= 15 is 0 Å². The number of benzene rings is 1. The molecule has 0 heteroatoms. The van der Waals surface area contributed by atoms with Gasteiger partial charge in [0, 0.05) is 0 Å². The van der Waals surface area contributed by atoms with E-state index in [-0.39, 0.29) is 0 Å². The topological polar surface area (TPSA) is 0 Å². The van der Waals surface area contributed by atoms with Crippen molar-refractivity contribution < 1.29 is 0 Å². The minimum atomic E-state index is 0.824. The highest BCUT2D eigenvalue weighted by atomic mass is 14.4. The zero-order valence-electron chi connectivity index (χ0n) is 21.0. The number of hydrogen-bond acceptors (Lipinski definition) is 0. The van der Waals surface area contributed by atoms with Gasteiger partial charge in [-0.1, -0.05) is 61.4 Å². The van der Waals surface area contributed by atoms with E-state index in [2.05, 4.69) is 62.4 Å². The molecular formula is C32H48. The lowest BCUT2D eigenvalue weighted by molar-refractivity contribution is 0.0713. The first kappa shape index (κ1) is 23.8. The van der Waals surface area contributed by atoms with E-state index in [1.54, 1.807) is 12.0 Å². The van der Waals surface area contributed by atoms with Crippen molar-refractivity contribution in [1.82, 2.24) is 0 Å². The smallest absolute Gasteiger partial charge is 0.0159 e. The van der Waals surface area contributed by atoms with Crippen LogP contribution in [0.1, 0.15) is 114 Å². The van der Waals surface area contributed by atoms with Gasteiger partial charge in [-0.05, 0) is 138 Å². The summed E-state index contributed by atoms with van der Waals surface area (Å²) >= 11 is 0. The van der Waals surface area contributed by atoms with Gasteiger partial charge in [0.2, 0.25) is 0 Å². The van der Waals surface area contributed by atoms with Crippen LogP contribution in [0.5, 0.6) is 0 Å². The van der Waals surface area contributed by atoms with Crippen LogP contribution in [0, 0.1) is 29.6 Å². The molecule has 0 saturated heterocycles. The van der Waals surface area contributed by atoms with Crippen molar-refractivity contribution in [2.24, 2.45) is 29.6 Å². The number of allylic oxidation sites excluding steroid dienone is 4. The Balaban J connectivity index is 1.22. The highest BCUT2D eigenvalue weighted by molar-refractivity contribution is 5.26. The quantitative estimate of drug-likeness (QED) is 0.359. The molecule has 4 rings (SSSR count). The Morgan fingerprint density at radius 3 is 1.97 bits per heavy atom. The fourth-order valence-corrected chi connectivity index (χ4v) is 7.48. The molecule has 4 atom stereocenters. The van der Waals surface area contributed by atoms with Crippen molar-refractivity contribution in [1.29, 1.82) is 0 Å². The Labute approximate surface area is 199 Å². The summed E-state index contributed by atoms with van der Waals surface area (Å²) in [6, 6.07) is 9.71. The van der Waals surface area contributed by atoms with E-state index in [0.29, 0.717) is 0 Å². The molecule has 3 saturated carbocycles. The molecule has 176 valence electrons. The zero-order valence-corrected chi connectivity index (χ0v) is 21.0. The van der Waals surface area contributed by atoms with Gasteiger partial charge in [-0.2, -0.15) is 0 Å². The normalized spacial score (nSPS) is 33.6. The second-order valence-corrected chi connectivity index (χ2v) is 11.4. The Morgan fingerprint density at radius 1 is 0.656 bits per heavy atom. The van der Waals surface area contributed by atoms with E-state index in [1.165, 1.54) is 89.0 Å². The molecule has 3 fully saturated rings. The highest BCUT2D eigenvalue weighted by Crippen LogP contribution is 2.51. The average molecular weight is 433 g/mol. The van der Waals surface area contributed by atoms with Gasteiger partial charge in [0.15, 0.2) is 0 Å². The minimum Gasteiger partial charge on any atom is -0.0917 e. The van der Waals surface area contributed by atoms with Gasteiger partial charge in [0.1, 0.15) is 0 Å². The predicted molar refractivity (Wildman–Crippen MR) is 140 cm³/mol. The number of aryl methyl sites for hydroxylation is 1. The Kier molecular flexibility index (Phi) is 9.12. The molecule has 1 aromatic rings. The number of hydrogen-bond donors (Lipinski definition) is 0. The van der Waals surface area contributed by atoms with Crippen LogP contribution >= 0.6 is 0 Å². The van der Waals surface area contributed by atoms with E-state index in [0.717, 1.165) is 35.5 Å². The summed E-state index contributed by atoms with van der Waals surface area (Å²) in [6.07, 6.45) is 29.2. The first-order chi connectivity index (χ1) is 15.8. The van der Waals surface area contributed by atoms with E-state index in [4.69, 9.17) is 0 Å². The second-order valence-electron chi connectivity index (χ2n) is 11.4. The maximum absolute atomic E-state index is 2.45. The second kappa shape index (κ2) is 12.2. The summed E-state index contributed by atoms with van der Waals surface area (Å²) < 4.78 is 0. The third kappa shape index (κ3) is 6.39. The highest BCUT2D eigenvalue weighted by Gasteiger charge is 2.38. The van der Waals surface area contributed by atoms with Crippen LogP contribution in [0.15, 0.2) is 48.6 Å². The summed E-state index contributed by atoms with van der Waals surface area (Å²) in [5, 5.41) is 0. The molecule has 0 bridgehead atoms. The molecule has 3 aliphatic carbocycles. The summed E-state index contributed by atoms with van der Waals surface area (Å²) in [5.41, 5.74) is 3.12. The Morgan fingerprint density at radius 2 is 1.25 bits per heavy atom. The number of fused-ring (bicyclic) bond motifs is 1. The van der Waals surface area contributed by atoms with Gasteiger partial charge in [-0.3, -0.25) is 0 Å². The molecule has 0 aromatic heterocycles. The van der Waals surface area contributed by atoms with Crippen LogP contribution in [0.2, 0.25) is 0 Å². The Bertz CT molecular complexity index is 715. The molecule has 1 aromatic carbocycles. The van der Waals surface area contributed by atoms with Gasteiger partial charge in [-0.15, -0.1) is 0 Å². The maximum atomic E-state index is 2.45. The van der Waals surface area contributed by atoms with Gasteiger partial charge in [-0.25, -0.2) is 0 Å². The van der Waals surface area contributed by atoms with Crippen LogP contribution in [-0.2, 0) is 6.42 Å². The van der Waals surface area contributed by atoms with Crippen molar-refractivity contribution in [3.63, 3.8) is 0 Å². The molecule has 0 heterocycles. The van der Waals surface area contributed by atoms with Crippen molar-refractivity contribution in [3.05, 3.63) is 59.7 Å². The van der Waals surface area contributed by atoms with Crippen molar-refractivity contribution in [3.8, 4) is 0 Å². The lowest BCUT2D eigenvalue weighted by Crippen LogP contribution is -2.34. The summed E-state index contributed by atoms with van der Waals surface area (Å²) in [6.45, 7) is 4.27. The largest absolute Gasteiger partial charge is 0.0917 e. The monoisotopic (exact) mass is 432 g/mol. The third-order valence-electron chi connectivity index (χ3n) is 9.48. The van der Waals surface area contributed by atoms with Crippen molar-refractivity contribution in [2.45, 2.75) is 110 Å². The summed E-state index contributed by atoms with van der Waals surface area (Å²) in [4.78, 5) is 0. The average Bonchev–Trinajstić information content (AvgIpc) is 2.85. The van der Waals surface area contributed by atoms with Gasteiger partial charge in [0.25, 0.3) is 0 Å². The minimum absolute atomic E-state index is 0.824. The van der Waals surface area contributed by atoms with Crippen LogP contribution in [0.3, 0.4) is 0 Å². The first-order valence-corrected chi connectivity index (χ1v) is 14.1. The molecule has 0 radical (unpaired) electrons. The maximum Gasteiger partial charge on any atom is -0.0159 e. The molecule has 4 unspecified atom stereocenters. The van der Waals surface area contributed by atoms with Gasteiger partial charge < -0.3 is 0 Å². The van der Waals surface area contributed by atoms with E-state index < -0.39 is 0 Å². The summed E-state index contributed by atoms with van der Waals surface area (Å²) in [7, 11) is 0. The van der Waals surface area contributed by atoms with Crippen LogP contribution < -0.4 is 0 Å². The van der Waals surface area contributed by atoms with Gasteiger partial charge >= 0.3 is 0 Å². The van der Waals surface area contributed by atoms with Crippen LogP contribution in [-0.4, -0.2) is 0 Å². The molecule has 3 aliphatic rings. The van der Waals surface area contributed by atoms with E-state index in [1.807, 2.05) is 0 Å². The SMILES string of the molecule is C/C=C/CCc1ccc(C2CCC3CC(C4CCC(CC/C=C/C)CC4)CCC3C2)cc1. The molecule has 32 heavy (non-hydrogen) atoms. The predicted octanol–water partition coefficient (Wildman–Crippen LogP) is 9.66. The molecule has 0 aliphatic heterocycles. The van der Waals surface area contributed by atoms with Crippen LogP contribution in [0.4, 0.5) is 0 Å². The van der Waals surface area contributed by atoms with Crippen molar-refractivity contribution in [2.75, 3.05) is 0 Å². The first-order valence-electron chi connectivity index (χ1n) is 14.1. The third-order valence-corrected chi connectivity index (χ3v) is 9.48. The summed E-state index contributed by atoms with van der Waals surface area (Å²) in [5.74, 6) is 6.00. The molecule has 0 nitrogen and oxygen atoms in total. The zero-order chi connectivity index (χ0) is 22.2. The molecule has 0 amide bonds. The molecule has 0 N–H and O–H groups in total. The van der Waals surface area contributed by atoms with Crippen LogP contribution in [0.25, 0.3) is 0 Å². The standard InChI is InChI=1S/C32H48/c1-3-5-7-9-25-11-15-27(16-12-25)29-19-21-32-24-30(20-22-31(32)23-29)28-17-13-26(14-18-28)10-8-6-4-2/h3-6,11-12,15-16,26,28-32H,7-10,13-14,17-24H2,1-2H3/b5-3+,6-4+. The fraction of sp³-hybridized carbons (Fsp3) is 0.688. The number of rotatable bonds is 8. The lowest BCUT2D eigenvalue weighted by Gasteiger charge is -2.45. The Hall–Kier alpha value is -1.30. The molecule has 0 spiro atoms. The lowest BCUT2D eigenvalue weighted by atomic mass is 9.60. The van der Waals surface area contributed by atoms with Gasteiger partial charge in [0.05, 0.1) is 0 Å². The fourth-order valence-electron chi connectivity index (χ4n) is 7.48. The van der Waals surface area contributed by atoms with E-state index in [9.17, 15) is 0 Å². The van der Waals surface area contributed by atoms with Crippen molar-refractivity contribution >= 4 is 0 Å². The molecular weight excluding hydrogens is 384 g/mol.